The summed E-state index contributed by atoms with van der Waals surface area (Å²) in [6, 6.07) is 9.55. The number of aromatic hydroxyl groups is 2. The number of ketones is 2. The fourth-order valence-electron chi connectivity index (χ4n) is 4.76. The van der Waals surface area contributed by atoms with Gasteiger partial charge in [0.2, 0.25) is 0 Å². The van der Waals surface area contributed by atoms with Crippen LogP contribution in [0.1, 0.15) is 48.9 Å². The lowest BCUT2D eigenvalue weighted by atomic mass is 9.86. The van der Waals surface area contributed by atoms with E-state index in [-0.39, 0.29) is 72.6 Å². The van der Waals surface area contributed by atoms with Crippen LogP contribution < -0.4 is 9.47 Å². The second kappa shape index (κ2) is 12.8. The molecule has 1 atom stereocenters. The number of phenols is 2. The largest absolute Gasteiger partial charge is 0.507 e. The normalized spacial score (nSPS) is 14.0. The summed E-state index contributed by atoms with van der Waals surface area (Å²) in [5.41, 5.74) is 1.71. The number of allylic oxidation sites excluding steroid dienone is 5. The summed E-state index contributed by atoms with van der Waals surface area (Å²) in [6.45, 7) is 8.17. The van der Waals surface area contributed by atoms with E-state index in [9.17, 15) is 29.4 Å². The quantitative estimate of drug-likeness (QED) is 0.134. The van der Waals surface area contributed by atoms with Gasteiger partial charge in [-0.15, -0.1) is 6.58 Å². The number of ether oxygens (including phenoxy) is 3. The van der Waals surface area contributed by atoms with E-state index in [4.69, 9.17) is 37.4 Å². The summed E-state index contributed by atoms with van der Waals surface area (Å²) >= 11 is 12.2. The molecular weight excluding hydrogens is 611 g/mol. The summed E-state index contributed by atoms with van der Waals surface area (Å²) in [6.07, 6.45) is 5.68. The molecule has 3 aromatic carbocycles. The average Bonchev–Trinajstić information content (AvgIpc) is 3.17. The zero-order valence-electron chi connectivity index (χ0n) is 24.0. The maximum Gasteiger partial charge on any atom is 0.347 e. The maximum absolute atomic E-state index is 12.7. The van der Waals surface area contributed by atoms with E-state index in [1.807, 2.05) is 30.3 Å². The van der Waals surface area contributed by atoms with Crippen LogP contribution >= 0.6 is 23.2 Å². The molecule has 3 aromatic rings. The number of carbonyl (C=O) groups is 4. The van der Waals surface area contributed by atoms with Gasteiger partial charge >= 0.3 is 11.9 Å². The first-order valence-electron chi connectivity index (χ1n) is 13.0. The molecule has 2 aliphatic rings. The van der Waals surface area contributed by atoms with Crippen molar-refractivity contribution in [1.82, 2.24) is 0 Å². The molecule has 44 heavy (non-hydrogen) atoms. The third-order valence-electron chi connectivity index (χ3n) is 7.10. The summed E-state index contributed by atoms with van der Waals surface area (Å²) in [4.78, 5) is 47.8. The van der Waals surface area contributed by atoms with Gasteiger partial charge in [0.05, 0.1) is 12.1 Å². The Labute approximate surface area is 262 Å². The zero-order valence-corrected chi connectivity index (χ0v) is 25.5. The third-order valence-corrected chi connectivity index (χ3v) is 7.92. The zero-order chi connectivity index (χ0) is 32.5. The molecule has 5 rings (SSSR count). The molecule has 0 aromatic heterocycles. The van der Waals surface area contributed by atoms with Crippen LogP contribution in [0.25, 0.3) is 0 Å². The molecule has 1 heterocycles. The lowest BCUT2D eigenvalue weighted by Crippen LogP contribution is -2.13. The molecule has 0 fully saturated rings. The van der Waals surface area contributed by atoms with Crippen LogP contribution in [-0.2, 0) is 14.3 Å². The standard InChI is InChI=1S/C18H14Cl2O7.C15H12O2/c1-5-9-16(11(20)13(22)10(5)19)26-14-6(2)8(17(23)25-4)12(21)7(3)15(14)27-18(9)24;1-2-13(11-6-4-3-5-7-11)14-10-12(16)8-9-15(14)17/h21-22H,1-4H3;2-10,13H,1H2. The van der Waals surface area contributed by atoms with Crippen molar-refractivity contribution in [2.24, 2.45) is 0 Å². The van der Waals surface area contributed by atoms with Gasteiger partial charge in [-0.2, -0.15) is 0 Å². The molecule has 226 valence electrons. The SMILES string of the molecule is C=CC(C1=CC(=O)C=CC1=O)c1ccccc1.COC(=O)c1c(C)c2c(c(C)c1O)OC(=O)c1c(C)c(Cl)c(O)c(Cl)c1O2. The lowest BCUT2D eigenvalue weighted by molar-refractivity contribution is -0.114. The van der Waals surface area contributed by atoms with E-state index in [1.54, 1.807) is 6.08 Å². The van der Waals surface area contributed by atoms with Gasteiger partial charge in [-0.25, -0.2) is 9.59 Å². The van der Waals surface area contributed by atoms with E-state index in [0.717, 1.165) is 5.56 Å². The topological polar surface area (TPSA) is 136 Å². The van der Waals surface area contributed by atoms with Gasteiger partial charge in [-0.05, 0) is 50.1 Å². The van der Waals surface area contributed by atoms with Crippen LogP contribution in [0.2, 0.25) is 10.0 Å². The van der Waals surface area contributed by atoms with E-state index in [1.165, 1.54) is 46.1 Å². The van der Waals surface area contributed by atoms with Gasteiger partial charge in [0.15, 0.2) is 34.6 Å². The Hall–Kier alpha value is -4.86. The Morgan fingerprint density at radius 1 is 0.886 bits per heavy atom. The van der Waals surface area contributed by atoms with Crippen molar-refractivity contribution in [1.29, 1.82) is 0 Å². The molecule has 1 aliphatic carbocycles. The van der Waals surface area contributed by atoms with Crippen LogP contribution in [0.15, 0.2) is 66.8 Å². The monoisotopic (exact) mass is 636 g/mol. The molecule has 0 amide bonds. The van der Waals surface area contributed by atoms with Crippen molar-refractivity contribution < 1.29 is 43.6 Å². The van der Waals surface area contributed by atoms with Gasteiger partial charge in [-0.1, -0.05) is 59.6 Å². The Morgan fingerprint density at radius 3 is 2.14 bits per heavy atom. The molecule has 0 bridgehead atoms. The second-order valence-corrected chi connectivity index (χ2v) is 10.5. The molecule has 1 aliphatic heterocycles. The van der Waals surface area contributed by atoms with Gasteiger partial charge in [0, 0.05) is 22.6 Å². The molecule has 0 saturated heterocycles. The molecule has 0 saturated carbocycles. The molecular formula is C33H26Cl2O9. The Kier molecular flexibility index (Phi) is 9.32. The number of benzene rings is 3. The van der Waals surface area contributed by atoms with Crippen LogP contribution in [0.3, 0.4) is 0 Å². The molecule has 9 nitrogen and oxygen atoms in total. The van der Waals surface area contributed by atoms with Crippen molar-refractivity contribution in [3.63, 3.8) is 0 Å². The summed E-state index contributed by atoms with van der Waals surface area (Å²) in [7, 11) is 1.17. The summed E-state index contributed by atoms with van der Waals surface area (Å²) < 4.78 is 15.9. The van der Waals surface area contributed by atoms with E-state index >= 15 is 0 Å². The van der Waals surface area contributed by atoms with Crippen molar-refractivity contribution in [2.75, 3.05) is 7.11 Å². The first-order chi connectivity index (χ1) is 20.8. The van der Waals surface area contributed by atoms with Gasteiger partial charge < -0.3 is 24.4 Å². The smallest absolute Gasteiger partial charge is 0.347 e. The lowest BCUT2D eigenvalue weighted by Gasteiger charge is -2.17. The van der Waals surface area contributed by atoms with Crippen LogP contribution in [0, 0.1) is 20.8 Å². The number of esters is 2. The number of hydrogen-bond acceptors (Lipinski definition) is 9. The predicted molar refractivity (Wildman–Crippen MR) is 163 cm³/mol. The van der Waals surface area contributed by atoms with E-state index in [0.29, 0.717) is 5.57 Å². The highest BCUT2D eigenvalue weighted by molar-refractivity contribution is 6.39. The average molecular weight is 637 g/mol. The number of fused-ring (bicyclic) bond motifs is 2. The fourth-order valence-corrected chi connectivity index (χ4v) is 5.22. The van der Waals surface area contributed by atoms with Crippen LogP contribution in [0.5, 0.6) is 28.7 Å². The minimum atomic E-state index is -0.835. The molecule has 0 spiro atoms. The minimum absolute atomic E-state index is 0.0131. The maximum atomic E-state index is 12.7. The number of rotatable bonds is 4. The molecule has 1 unspecified atom stereocenters. The highest BCUT2D eigenvalue weighted by atomic mass is 35.5. The Morgan fingerprint density at radius 2 is 1.52 bits per heavy atom. The molecule has 2 N–H and O–H groups in total. The Balaban J connectivity index is 0.000000223. The third kappa shape index (κ3) is 5.71. The molecule has 11 heteroatoms. The first kappa shape index (κ1) is 32.1. The number of phenolic OH excluding ortho intramolecular Hbond substituents is 2. The number of carbonyl (C=O) groups excluding carboxylic acids is 4. The van der Waals surface area contributed by atoms with E-state index < -0.39 is 23.4 Å². The highest BCUT2D eigenvalue weighted by Crippen LogP contribution is 2.52. The first-order valence-corrected chi connectivity index (χ1v) is 13.8. The van der Waals surface area contributed by atoms with Gasteiger partial charge in [0.1, 0.15) is 21.9 Å². The van der Waals surface area contributed by atoms with Crippen LogP contribution in [-0.4, -0.2) is 40.8 Å². The predicted octanol–water partition coefficient (Wildman–Crippen LogP) is 7.03. The van der Waals surface area contributed by atoms with Crippen molar-refractivity contribution in [3.05, 3.63) is 110 Å². The second-order valence-electron chi connectivity index (χ2n) is 9.74. The van der Waals surface area contributed by atoms with Gasteiger partial charge in [0.25, 0.3) is 0 Å². The number of hydrogen-bond donors (Lipinski definition) is 2. The van der Waals surface area contributed by atoms with Crippen molar-refractivity contribution in [2.45, 2.75) is 26.7 Å². The number of methoxy groups -OCH3 is 1. The van der Waals surface area contributed by atoms with Gasteiger partial charge in [-0.3, -0.25) is 9.59 Å². The summed E-state index contributed by atoms with van der Waals surface area (Å²) in [5, 5.41) is 20.1. The van der Waals surface area contributed by atoms with Crippen molar-refractivity contribution in [3.8, 4) is 28.7 Å². The van der Waals surface area contributed by atoms with E-state index in [2.05, 4.69) is 6.58 Å². The highest BCUT2D eigenvalue weighted by Gasteiger charge is 2.35. The Bertz CT molecular complexity index is 1800. The summed E-state index contributed by atoms with van der Waals surface area (Å²) in [5.74, 6) is -3.24. The fraction of sp³-hybridized carbons (Fsp3) is 0.152. The minimum Gasteiger partial charge on any atom is -0.507 e. The molecule has 0 radical (unpaired) electrons. The number of halogens is 2. The van der Waals surface area contributed by atoms with Crippen molar-refractivity contribution >= 4 is 46.7 Å². The van der Waals surface area contributed by atoms with Crippen LogP contribution in [0.4, 0.5) is 0 Å².